The molecular formula is C14H21N3O. The van der Waals surface area contributed by atoms with Crippen LogP contribution in [-0.2, 0) is 17.9 Å². The molecule has 1 heterocycles. The van der Waals surface area contributed by atoms with Gasteiger partial charge in [-0.2, -0.15) is 0 Å². The molecule has 1 aromatic rings. The molecule has 4 heteroatoms. The van der Waals surface area contributed by atoms with E-state index in [0.29, 0.717) is 6.54 Å². The van der Waals surface area contributed by atoms with Crippen LogP contribution in [0.25, 0.3) is 0 Å². The summed E-state index contributed by atoms with van der Waals surface area (Å²) in [4.78, 5) is 13.7. The predicted octanol–water partition coefficient (Wildman–Crippen LogP) is 0.843. The van der Waals surface area contributed by atoms with Crippen LogP contribution >= 0.6 is 0 Å². The van der Waals surface area contributed by atoms with Crippen molar-refractivity contribution in [2.24, 2.45) is 16.9 Å². The second kappa shape index (κ2) is 5.08. The van der Waals surface area contributed by atoms with E-state index < -0.39 is 0 Å². The third kappa shape index (κ3) is 2.54. The monoisotopic (exact) mass is 247 g/mol. The Kier molecular flexibility index (Phi) is 3.68. The van der Waals surface area contributed by atoms with Crippen LogP contribution in [0, 0.1) is 5.41 Å². The van der Waals surface area contributed by atoms with Gasteiger partial charge in [0.15, 0.2) is 0 Å². The number of carbonyl (C=O) groups excluding carboxylic acids is 1. The average Bonchev–Trinajstić information content (AvgIpc) is 2.73. The number of carbonyl (C=O) groups is 1. The number of rotatable bonds is 4. The Morgan fingerprint density at radius 1 is 1.39 bits per heavy atom. The fourth-order valence-electron chi connectivity index (χ4n) is 2.54. The summed E-state index contributed by atoms with van der Waals surface area (Å²) < 4.78 is 0. The summed E-state index contributed by atoms with van der Waals surface area (Å²) in [6.45, 7) is 5.00. The van der Waals surface area contributed by atoms with Crippen LogP contribution in [0.3, 0.4) is 0 Å². The van der Waals surface area contributed by atoms with E-state index in [9.17, 15) is 4.79 Å². The molecular weight excluding hydrogens is 226 g/mol. The number of amides is 1. The van der Waals surface area contributed by atoms with Crippen LogP contribution in [0.1, 0.15) is 24.5 Å². The average molecular weight is 247 g/mol. The molecule has 1 fully saturated rings. The molecule has 2 rings (SSSR count). The first-order chi connectivity index (χ1) is 8.55. The van der Waals surface area contributed by atoms with Gasteiger partial charge < -0.3 is 11.5 Å². The Labute approximate surface area is 108 Å². The van der Waals surface area contributed by atoms with Gasteiger partial charge >= 0.3 is 0 Å². The highest BCUT2D eigenvalue weighted by Crippen LogP contribution is 2.30. The number of hydrogen-bond acceptors (Lipinski definition) is 3. The molecule has 0 saturated carbocycles. The largest absolute Gasteiger partial charge is 0.369 e. The van der Waals surface area contributed by atoms with E-state index in [1.165, 1.54) is 11.1 Å². The molecule has 1 aliphatic rings. The fourth-order valence-corrected chi connectivity index (χ4v) is 2.54. The summed E-state index contributed by atoms with van der Waals surface area (Å²) in [5.74, 6) is -0.197. The maximum absolute atomic E-state index is 11.4. The third-order valence-corrected chi connectivity index (χ3v) is 3.88. The van der Waals surface area contributed by atoms with Gasteiger partial charge in [0.05, 0.1) is 5.41 Å². The molecule has 0 spiro atoms. The normalized spacial score (nSPS) is 24.3. The number of primary amides is 1. The zero-order valence-corrected chi connectivity index (χ0v) is 10.9. The highest BCUT2D eigenvalue weighted by molar-refractivity contribution is 5.81. The Balaban J connectivity index is 2.06. The van der Waals surface area contributed by atoms with Gasteiger partial charge in [0.1, 0.15) is 0 Å². The van der Waals surface area contributed by atoms with Crippen LogP contribution in [0.4, 0.5) is 0 Å². The van der Waals surface area contributed by atoms with Crippen molar-refractivity contribution < 1.29 is 4.79 Å². The molecule has 1 aromatic carbocycles. The zero-order valence-electron chi connectivity index (χ0n) is 10.9. The van der Waals surface area contributed by atoms with Crippen molar-refractivity contribution in [3.05, 3.63) is 35.4 Å². The lowest BCUT2D eigenvalue weighted by atomic mass is 9.89. The summed E-state index contributed by atoms with van der Waals surface area (Å²) >= 11 is 0. The first kappa shape index (κ1) is 13.1. The van der Waals surface area contributed by atoms with Crippen LogP contribution in [0.2, 0.25) is 0 Å². The van der Waals surface area contributed by atoms with Crippen molar-refractivity contribution >= 4 is 5.91 Å². The maximum Gasteiger partial charge on any atom is 0.224 e. The van der Waals surface area contributed by atoms with Crippen LogP contribution in [-0.4, -0.2) is 23.9 Å². The second-order valence-electron chi connectivity index (χ2n) is 5.36. The number of likely N-dealkylation sites (tertiary alicyclic amines) is 1. The van der Waals surface area contributed by atoms with Gasteiger partial charge in [-0.15, -0.1) is 0 Å². The van der Waals surface area contributed by atoms with Crippen LogP contribution in [0.5, 0.6) is 0 Å². The number of nitrogens with two attached hydrogens (primary N) is 2. The highest BCUT2D eigenvalue weighted by Gasteiger charge is 2.38. The Hall–Kier alpha value is -1.39. The molecule has 0 aromatic heterocycles. The van der Waals surface area contributed by atoms with Gasteiger partial charge in [-0.1, -0.05) is 24.3 Å². The molecule has 1 unspecified atom stereocenters. The third-order valence-electron chi connectivity index (χ3n) is 3.88. The van der Waals surface area contributed by atoms with Gasteiger partial charge in [0, 0.05) is 19.6 Å². The minimum atomic E-state index is -0.377. The minimum absolute atomic E-state index is 0.197. The predicted molar refractivity (Wildman–Crippen MR) is 71.5 cm³/mol. The number of nitrogens with zero attached hydrogens (tertiary/aromatic N) is 1. The van der Waals surface area contributed by atoms with E-state index in [-0.39, 0.29) is 11.3 Å². The summed E-state index contributed by atoms with van der Waals surface area (Å²) in [7, 11) is 0. The Morgan fingerprint density at radius 3 is 2.61 bits per heavy atom. The van der Waals surface area contributed by atoms with E-state index in [2.05, 4.69) is 17.0 Å². The summed E-state index contributed by atoms with van der Waals surface area (Å²) in [5.41, 5.74) is 13.2. The zero-order chi connectivity index (χ0) is 13.2. The summed E-state index contributed by atoms with van der Waals surface area (Å²) in [5, 5.41) is 0. The van der Waals surface area contributed by atoms with E-state index >= 15 is 0 Å². The van der Waals surface area contributed by atoms with Crippen molar-refractivity contribution in [2.75, 3.05) is 13.1 Å². The smallest absolute Gasteiger partial charge is 0.224 e. The Bertz CT molecular complexity index is 446. The molecule has 0 bridgehead atoms. The summed E-state index contributed by atoms with van der Waals surface area (Å²) in [6.07, 6.45) is 0.840. The van der Waals surface area contributed by atoms with Crippen molar-refractivity contribution in [3.8, 4) is 0 Å². The van der Waals surface area contributed by atoms with E-state index in [4.69, 9.17) is 11.5 Å². The molecule has 1 saturated heterocycles. The summed E-state index contributed by atoms with van der Waals surface area (Å²) in [6, 6.07) is 8.18. The number of benzene rings is 1. The Morgan fingerprint density at radius 2 is 2.06 bits per heavy atom. The van der Waals surface area contributed by atoms with Crippen molar-refractivity contribution in [1.82, 2.24) is 4.90 Å². The molecule has 0 radical (unpaired) electrons. The lowest BCUT2D eigenvalue weighted by Crippen LogP contribution is -2.37. The van der Waals surface area contributed by atoms with Gasteiger partial charge in [0.25, 0.3) is 0 Å². The highest BCUT2D eigenvalue weighted by atomic mass is 16.1. The topological polar surface area (TPSA) is 72.4 Å². The lowest BCUT2D eigenvalue weighted by Gasteiger charge is -2.21. The van der Waals surface area contributed by atoms with E-state index in [1.54, 1.807) is 0 Å². The molecule has 4 nitrogen and oxygen atoms in total. The maximum atomic E-state index is 11.4. The fraction of sp³-hybridized carbons (Fsp3) is 0.500. The SMILES string of the molecule is CC1(C(N)=O)CCN(Cc2ccccc2CN)C1. The quantitative estimate of drug-likeness (QED) is 0.828. The molecule has 1 amide bonds. The van der Waals surface area contributed by atoms with E-state index in [1.807, 2.05) is 19.1 Å². The second-order valence-corrected chi connectivity index (χ2v) is 5.36. The van der Waals surface area contributed by atoms with Gasteiger partial charge in [-0.3, -0.25) is 9.69 Å². The molecule has 1 atom stereocenters. The molecule has 4 N–H and O–H groups in total. The van der Waals surface area contributed by atoms with Crippen LogP contribution < -0.4 is 11.5 Å². The standard InChI is InChI=1S/C14H21N3O/c1-14(13(16)18)6-7-17(10-14)9-12-5-3-2-4-11(12)8-15/h2-5H,6-10,15H2,1H3,(H2,16,18). The first-order valence-corrected chi connectivity index (χ1v) is 6.34. The van der Waals surface area contributed by atoms with Gasteiger partial charge in [0.2, 0.25) is 5.91 Å². The van der Waals surface area contributed by atoms with Crippen molar-refractivity contribution in [2.45, 2.75) is 26.4 Å². The molecule has 1 aliphatic heterocycles. The van der Waals surface area contributed by atoms with Gasteiger partial charge in [-0.05, 0) is 31.0 Å². The number of hydrogen-bond donors (Lipinski definition) is 2. The minimum Gasteiger partial charge on any atom is -0.369 e. The molecule has 98 valence electrons. The van der Waals surface area contributed by atoms with Gasteiger partial charge in [-0.25, -0.2) is 0 Å². The first-order valence-electron chi connectivity index (χ1n) is 6.34. The van der Waals surface area contributed by atoms with Crippen LogP contribution in [0.15, 0.2) is 24.3 Å². The van der Waals surface area contributed by atoms with E-state index in [0.717, 1.165) is 26.1 Å². The molecule has 0 aliphatic carbocycles. The lowest BCUT2D eigenvalue weighted by molar-refractivity contribution is -0.126. The van der Waals surface area contributed by atoms with Crippen molar-refractivity contribution in [1.29, 1.82) is 0 Å². The molecule has 18 heavy (non-hydrogen) atoms. The van der Waals surface area contributed by atoms with Crippen molar-refractivity contribution in [3.63, 3.8) is 0 Å².